The van der Waals surface area contributed by atoms with Crippen LogP contribution in [0.3, 0.4) is 0 Å². The van der Waals surface area contributed by atoms with Crippen molar-refractivity contribution < 1.29 is 14.3 Å². The van der Waals surface area contributed by atoms with Gasteiger partial charge in [0.2, 0.25) is 11.8 Å². The van der Waals surface area contributed by atoms with E-state index < -0.39 is 0 Å². The van der Waals surface area contributed by atoms with Crippen LogP contribution in [-0.4, -0.2) is 37.1 Å². The highest BCUT2D eigenvalue weighted by molar-refractivity contribution is 5.75. The molecule has 0 aliphatic carbocycles. The zero-order chi connectivity index (χ0) is 19.9. The number of nitrogens with one attached hydrogen (secondary N) is 2. The van der Waals surface area contributed by atoms with Crippen molar-refractivity contribution in [3.05, 3.63) is 0 Å². The molecule has 5 nitrogen and oxygen atoms in total. The molecule has 0 saturated carbocycles. The minimum absolute atomic E-state index is 0.00981. The summed E-state index contributed by atoms with van der Waals surface area (Å²) in [6.07, 6.45) is 4.18. The van der Waals surface area contributed by atoms with E-state index in [1.165, 1.54) is 6.92 Å². The van der Waals surface area contributed by atoms with Crippen LogP contribution in [0.2, 0.25) is 0 Å². The molecule has 0 atom stereocenters. The molecule has 0 fully saturated rings. The second kappa shape index (κ2) is 14.1. The molecule has 150 valence electrons. The molecule has 0 heterocycles. The van der Waals surface area contributed by atoms with E-state index in [0.717, 1.165) is 25.7 Å². The highest BCUT2D eigenvalue weighted by Crippen LogP contribution is 2.23. The summed E-state index contributed by atoms with van der Waals surface area (Å²) in [5, 5.41) is 5.79. The number of ether oxygens (including phenoxy) is 1. The van der Waals surface area contributed by atoms with Crippen LogP contribution in [0.15, 0.2) is 0 Å². The van der Waals surface area contributed by atoms with E-state index >= 15 is 0 Å². The highest BCUT2D eigenvalue weighted by atomic mass is 16.5. The van der Waals surface area contributed by atoms with Crippen LogP contribution in [0.25, 0.3) is 0 Å². The molecule has 0 aromatic carbocycles. The molecule has 0 rings (SSSR count). The van der Waals surface area contributed by atoms with Gasteiger partial charge in [0, 0.05) is 33.0 Å². The Labute approximate surface area is 155 Å². The molecule has 0 bridgehead atoms. The molecule has 0 spiro atoms. The Morgan fingerprint density at radius 1 is 1.00 bits per heavy atom. The highest BCUT2D eigenvalue weighted by Gasteiger charge is 2.22. The standard InChI is InChI=1S/C18H36N2O3.C2H6/c1-7-9-16(22)20-14-17(3,4)11-13-23-18(5,6)10-8-12-19-15(2)21;1-2/h7-14H2,1-6H3,(H,19,21)(H,20,22);1-2H3. The van der Waals surface area contributed by atoms with E-state index in [1.807, 2.05) is 20.8 Å². The summed E-state index contributed by atoms with van der Waals surface area (Å²) in [4.78, 5) is 22.4. The zero-order valence-corrected chi connectivity index (χ0v) is 17.9. The molecule has 0 aromatic rings. The average Bonchev–Trinajstić information content (AvgIpc) is 2.51. The van der Waals surface area contributed by atoms with Crippen LogP contribution in [-0.2, 0) is 14.3 Å². The molecule has 5 heteroatoms. The molecular formula is C20H42N2O3. The molecule has 2 amide bonds. The molecule has 0 unspecified atom stereocenters. The first kappa shape index (κ1) is 26.1. The van der Waals surface area contributed by atoms with Gasteiger partial charge in [0.1, 0.15) is 0 Å². The van der Waals surface area contributed by atoms with Gasteiger partial charge in [-0.15, -0.1) is 0 Å². The fourth-order valence-corrected chi connectivity index (χ4v) is 2.20. The predicted molar refractivity (Wildman–Crippen MR) is 106 cm³/mol. The van der Waals surface area contributed by atoms with Crippen LogP contribution in [0.5, 0.6) is 0 Å². The topological polar surface area (TPSA) is 67.4 Å². The number of hydrogen-bond acceptors (Lipinski definition) is 3. The fraction of sp³-hybridized carbons (Fsp3) is 0.900. The number of rotatable bonds is 12. The summed E-state index contributed by atoms with van der Waals surface area (Å²) in [7, 11) is 0. The molecule has 0 radical (unpaired) electrons. The summed E-state index contributed by atoms with van der Waals surface area (Å²) in [5.74, 6) is 0.135. The third-order valence-corrected chi connectivity index (χ3v) is 3.84. The fourth-order valence-electron chi connectivity index (χ4n) is 2.20. The second-order valence-electron chi connectivity index (χ2n) is 7.64. The van der Waals surface area contributed by atoms with E-state index in [4.69, 9.17) is 4.74 Å². The van der Waals surface area contributed by atoms with Gasteiger partial charge in [-0.25, -0.2) is 0 Å². The Morgan fingerprint density at radius 2 is 1.60 bits per heavy atom. The van der Waals surface area contributed by atoms with Crippen LogP contribution < -0.4 is 10.6 Å². The van der Waals surface area contributed by atoms with Gasteiger partial charge in [0.25, 0.3) is 0 Å². The van der Waals surface area contributed by atoms with Gasteiger partial charge < -0.3 is 15.4 Å². The summed E-state index contributed by atoms with van der Waals surface area (Å²) >= 11 is 0. The lowest BCUT2D eigenvalue weighted by molar-refractivity contribution is -0.121. The van der Waals surface area contributed by atoms with Crippen molar-refractivity contribution in [3.63, 3.8) is 0 Å². The van der Waals surface area contributed by atoms with E-state index in [9.17, 15) is 9.59 Å². The first-order chi connectivity index (χ1) is 11.6. The zero-order valence-electron chi connectivity index (χ0n) is 17.9. The van der Waals surface area contributed by atoms with Crippen molar-refractivity contribution >= 4 is 11.8 Å². The Hall–Kier alpha value is -1.10. The predicted octanol–water partition coefficient (Wildman–Crippen LogP) is 4.06. The molecule has 0 aliphatic rings. The van der Waals surface area contributed by atoms with Gasteiger partial charge in [-0.1, -0.05) is 34.6 Å². The largest absolute Gasteiger partial charge is 0.376 e. The maximum absolute atomic E-state index is 11.5. The Kier molecular flexibility index (Phi) is 14.7. The lowest BCUT2D eigenvalue weighted by atomic mass is 9.89. The molecule has 2 N–H and O–H groups in total. The van der Waals surface area contributed by atoms with Crippen molar-refractivity contribution in [2.24, 2.45) is 5.41 Å². The molecule has 0 aliphatic heterocycles. The van der Waals surface area contributed by atoms with Crippen molar-refractivity contribution in [1.82, 2.24) is 10.6 Å². The smallest absolute Gasteiger partial charge is 0.220 e. The number of carbonyl (C=O) groups excluding carboxylic acids is 2. The van der Waals surface area contributed by atoms with Crippen molar-refractivity contribution in [2.75, 3.05) is 19.7 Å². The van der Waals surface area contributed by atoms with Gasteiger partial charge in [-0.05, 0) is 44.9 Å². The van der Waals surface area contributed by atoms with Crippen molar-refractivity contribution in [2.45, 2.75) is 93.1 Å². The first-order valence-corrected chi connectivity index (χ1v) is 9.73. The monoisotopic (exact) mass is 358 g/mol. The van der Waals surface area contributed by atoms with Gasteiger partial charge in [-0.2, -0.15) is 0 Å². The van der Waals surface area contributed by atoms with Crippen molar-refractivity contribution in [1.29, 1.82) is 0 Å². The van der Waals surface area contributed by atoms with Crippen LogP contribution >= 0.6 is 0 Å². The van der Waals surface area contributed by atoms with Gasteiger partial charge in [0.15, 0.2) is 0 Å². The van der Waals surface area contributed by atoms with Gasteiger partial charge in [0.05, 0.1) is 5.60 Å². The Balaban J connectivity index is 0. The quantitative estimate of drug-likeness (QED) is 0.517. The maximum Gasteiger partial charge on any atom is 0.220 e. The van der Waals surface area contributed by atoms with E-state index in [-0.39, 0.29) is 22.8 Å². The molecule has 0 saturated heterocycles. The van der Waals surface area contributed by atoms with E-state index in [1.54, 1.807) is 0 Å². The number of carbonyl (C=O) groups is 2. The average molecular weight is 359 g/mol. The SMILES string of the molecule is CC.CCCC(=O)NCC(C)(C)CCOC(C)(C)CCCNC(C)=O. The lowest BCUT2D eigenvalue weighted by Gasteiger charge is -2.29. The summed E-state index contributed by atoms with van der Waals surface area (Å²) < 4.78 is 6.00. The molecular weight excluding hydrogens is 316 g/mol. The summed E-state index contributed by atoms with van der Waals surface area (Å²) in [6.45, 7) is 18.0. The van der Waals surface area contributed by atoms with E-state index in [2.05, 4.69) is 38.3 Å². The third kappa shape index (κ3) is 17.5. The number of amides is 2. The van der Waals surface area contributed by atoms with Gasteiger partial charge in [-0.3, -0.25) is 9.59 Å². The summed E-state index contributed by atoms with van der Waals surface area (Å²) in [5.41, 5.74) is -0.171. The Morgan fingerprint density at radius 3 is 2.12 bits per heavy atom. The van der Waals surface area contributed by atoms with Crippen LogP contribution in [0.1, 0.15) is 87.5 Å². The minimum Gasteiger partial charge on any atom is -0.376 e. The molecule has 0 aromatic heterocycles. The first-order valence-electron chi connectivity index (χ1n) is 9.73. The third-order valence-electron chi connectivity index (χ3n) is 3.84. The summed E-state index contributed by atoms with van der Waals surface area (Å²) in [6, 6.07) is 0. The Bertz CT molecular complexity index is 366. The van der Waals surface area contributed by atoms with Gasteiger partial charge >= 0.3 is 0 Å². The van der Waals surface area contributed by atoms with E-state index in [0.29, 0.717) is 26.1 Å². The normalized spacial score (nSPS) is 11.4. The molecule has 25 heavy (non-hydrogen) atoms. The van der Waals surface area contributed by atoms with Crippen LogP contribution in [0.4, 0.5) is 0 Å². The minimum atomic E-state index is -0.194. The number of hydrogen-bond donors (Lipinski definition) is 2. The van der Waals surface area contributed by atoms with Crippen molar-refractivity contribution in [3.8, 4) is 0 Å². The van der Waals surface area contributed by atoms with Crippen LogP contribution in [0, 0.1) is 5.41 Å². The maximum atomic E-state index is 11.5. The second-order valence-corrected chi connectivity index (χ2v) is 7.64. The lowest BCUT2D eigenvalue weighted by Crippen LogP contribution is -2.35.